The van der Waals surface area contributed by atoms with Crippen molar-refractivity contribution in [2.45, 2.75) is 44.9 Å². The maximum atomic E-state index is 4.15. The van der Waals surface area contributed by atoms with Gasteiger partial charge >= 0.3 is 0 Å². The van der Waals surface area contributed by atoms with Crippen LogP contribution < -0.4 is 0 Å². The molecule has 0 heterocycles. The Balaban J connectivity index is 2.23. The summed E-state index contributed by atoms with van der Waals surface area (Å²) < 4.78 is 0. The molecule has 0 N–H and O–H groups in total. The second kappa shape index (κ2) is 5.40. The van der Waals surface area contributed by atoms with E-state index in [9.17, 15) is 0 Å². The van der Waals surface area contributed by atoms with Crippen molar-refractivity contribution in [1.29, 1.82) is 0 Å². The van der Waals surface area contributed by atoms with Crippen LogP contribution in [0.1, 0.15) is 44.9 Å². The topological polar surface area (TPSA) is 0 Å². The molecule has 0 nitrogen and oxygen atoms in total. The lowest BCUT2D eigenvalue weighted by Crippen LogP contribution is -1.95. The first-order chi connectivity index (χ1) is 5.39. The van der Waals surface area contributed by atoms with Crippen LogP contribution in [0.3, 0.4) is 0 Å². The van der Waals surface area contributed by atoms with Crippen molar-refractivity contribution in [3.8, 4) is 0 Å². The molecular weight excluding hydrogens is 132 g/mol. The Morgan fingerprint density at radius 2 is 1.55 bits per heavy atom. The third-order valence-electron chi connectivity index (χ3n) is 2.38. The Bertz CT molecular complexity index is 113. The third kappa shape index (κ3) is 4.23. The maximum absolute atomic E-state index is 4.15. The Morgan fingerprint density at radius 3 is 2.36 bits per heavy atom. The van der Waals surface area contributed by atoms with E-state index >= 15 is 0 Å². The highest BCUT2D eigenvalue weighted by Gasteiger charge is 2.01. The van der Waals surface area contributed by atoms with E-state index in [2.05, 4.69) is 19.1 Å². The molecule has 0 aliphatic heterocycles. The molecule has 63 valence electrons. The summed E-state index contributed by atoms with van der Waals surface area (Å²) >= 11 is 0. The van der Waals surface area contributed by atoms with Crippen LogP contribution in [0, 0.1) is 12.8 Å². The van der Waals surface area contributed by atoms with Crippen LogP contribution in [0.5, 0.6) is 0 Å². The van der Waals surface area contributed by atoms with Gasteiger partial charge in [0.25, 0.3) is 0 Å². The molecule has 0 aromatic heterocycles. The standard InChI is InChI=1S/C11H19/c1-11-9-7-5-3-2-4-6-8-10-11/h2-3,11H,1,4-10H2/b3-2-. The van der Waals surface area contributed by atoms with Crippen LogP contribution in [0.15, 0.2) is 12.2 Å². The van der Waals surface area contributed by atoms with Crippen molar-refractivity contribution < 1.29 is 0 Å². The van der Waals surface area contributed by atoms with Crippen LogP contribution in [0.25, 0.3) is 0 Å². The molecule has 1 aliphatic rings. The van der Waals surface area contributed by atoms with Crippen LogP contribution >= 0.6 is 0 Å². The molecule has 11 heavy (non-hydrogen) atoms. The molecule has 0 aromatic rings. The minimum absolute atomic E-state index is 0.724. The lowest BCUT2D eigenvalue weighted by atomic mass is 9.96. The minimum atomic E-state index is 0.724. The van der Waals surface area contributed by atoms with Gasteiger partial charge in [-0.1, -0.05) is 38.3 Å². The zero-order chi connectivity index (χ0) is 7.94. The highest BCUT2D eigenvalue weighted by atomic mass is 14.1. The summed E-state index contributed by atoms with van der Waals surface area (Å²) in [5.74, 6) is 0.724. The van der Waals surface area contributed by atoms with Crippen LogP contribution in [0.2, 0.25) is 0 Å². The molecule has 0 amide bonds. The van der Waals surface area contributed by atoms with Crippen LogP contribution in [0.4, 0.5) is 0 Å². The molecule has 0 bridgehead atoms. The predicted octanol–water partition coefficient (Wildman–Crippen LogP) is 3.74. The maximum Gasteiger partial charge on any atom is -0.0351 e. The molecule has 1 aliphatic carbocycles. The van der Waals surface area contributed by atoms with E-state index in [-0.39, 0.29) is 0 Å². The first kappa shape index (κ1) is 8.83. The van der Waals surface area contributed by atoms with E-state index in [1.165, 1.54) is 44.9 Å². The molecule has 1 rings (SSSR count). The Kier molecular flexibility index (Phi) is 4.33. The quantitative estimate of drug-likeness (QED) is 0.463. The summed E-state index contributed by atoms with van der Waals surface area (Å²) in [5.41, 5.74) is 0. The zero-order valence-corrected chi connectivity index (χ0v) is 7.39. The molecule has 0 heteroatoms. The second-order valence-corrected chi connectivity index (χ2v) is 3.55. The van der Waals surface area contributed by atoms with E-state index in [0.29, 0.717) is 0 Å². The molecule has 1 unspecified atom stereocenters. The lowest BCUT2D eigenvalue weighted by Gasteiger charge is -2.10. The fourth-order valence-corrected chi connectivity index (χ4v) is 1.60. The molecule has 0 aromatic carbocycles. The van der Waals surface area contributed by atoms with Crippen LogP contribution in [-0.2, 0) is 0 Å². The van der Waals surface area contributed by atoms with Gasteiger partial charge in [-0.15, -0.1) is 0 Å². The predicted molar refractivity (Wildman–Crippen MR) is 50.3 cm³/mol. The van der Waals surface area contributed by atoms with E-state index in [0.717, 1.165) is 5.92 Å². The minimum Gasteiger partial charge on any atom is -0.0885 e. The fraction of sp³-hybridized carbons (Fsp3) is 0.727. The van der Waals surface area contributed by atoms with Gasteiger partial charge in [-0.05, 0) is 31.6 Å². The van der Waals surface area contributed by atoms with Gasteiger partial charge in [0.05, 0.1) is 0 Å². The lowest BCUT2D eigenvalue weighted by molar-refractivity contribution is 0.490. The smallest absolute Gasteiger partial charge is 0.0351 e. The summed E-state index contributed by atoms with van der Waals surface area (Å²) in [5, 5.41) is 0. The largest absolute Gasteiger partial charge is 0.0885 e. The van der Waals surface area contributed by atoms with Crippen LogP contribution in [-0.4, -0.2) is 0 Å². The van der Waals surface area contributed by atoms with Crippen molar-refractivity contribution in [3.63, 3.8) is 0 Å². The first-order valence-electron chi connectivity index (χ1n) is 4.87. The van der Waals surface area contributed by atoms with Gasteiger partial charge in [-0.25, -0.2) is 0 Å². The average Bonchev–Trinajstić information content (AvgIpc) is 2.03. The molecule has 0 spiro atoms. The van der Waals surface area contributed by atoms with Gasteiger partial charge < -0.3 is 0 Å². The van der Waals surface area contributed by atoms with Gasteiger partial charge in [0.1, 0.15) is 0 Å². The van der Waals surface area contributed by atoms with E-state index in [4.69, 9.17) is 0 Å². The van der Waals surface area contributed by atoms with Gasteiger partial charge in [0.2, 0.25) is 0 Å². The SMILES string of the molecule is [CH2]C1CCC/C=C\CCCC1. The van der Waals surface area contributed by atoms with Gasteiger partial charge in [0, 0.05) is 0 Å². The van der Waals surface area contributed by atoms with E-state index in [1.807, 2.05) is 0 Å². The number of hydrogen-bond acceptors (Lipinski definition) is 0. The summed E-state index contributed by atoms with van der Waals surface area (Å²) in [6.45, 7) is 4.15. The third-order valence-corrected chi connectivity index (χ3v) is 2.38. The first-order valence-corrected chi connectivity index (χ1v) is 4.87. The normalized spacial score (nSPS) is 31.2. The average molecular weight is 151 g/mol. The molecule has 1 atom stereocenters. The number of allylic oxidation sites excluding steroid dienone is 2. The van der Waals surface area contributed by atoms with Crippen molar-refractivity contribution in [3.05, 3.63) is 19.1 Å². The van der Waals surface area contributed by atoms with Crippen molar-refractivity contribution in [2.24, 2.45) is 5.92 Å². The monoisotopic (exact) mass is 151 g/mol. The van der Waals surface area contributed by atoms with Gasteiger partial charge in [-0.2, -0.15) is 0 Å². The van der Waals surface area contributed by atoms with Gasteiger partial charge in [0.15, 0.2) is 0 Å². The Hall–Kier alpha value is -0.260. The molecule has 0 saturated heterocycles. The highest BCUT2D eigenvalue weighted by molar-refractivity contribution is 4.82. The van der Waals surface area contributed by atoms with Crippen molar-refractivity contribution in [2.75, 3.05) is 0 Å². The van der Waals surface area contributed by atoms with E-state index in [1.54, 1.807) is 0 Å². The zero-order valence-electron chi connectivity index (χ0n) is 7.39. The second-order valence-electron chi connectivity index (χ2n) is 3.55. The molecule has 0 fully saturated rings. The number of rotatable bonds is 0. The Labute approximate surface area is 70.7 Å². The summed E-state index contributed by atoms with van der Waals surface area (Å²) in [6, 6.07) is 0. The van der Waals surface area contributed by atoms with Crippen molar-refractivity contribution >= 4 is 0 Å². The molecular formula is C11H19. The highest BCUT2D eigenvalue weighted by Crippen LogP contribution is 2.17. The summed E-state index contributed by atoms with van der Waals surface area (Å²) in [7, 11) is 0. The molecule has 0 saturated carbocycles. The fourth-order valence-electron chi connectivity index (χ4n) is 1.60. The Morgan fingerprint density at radius 1 is 0.909 bits per heavy atom. The van der Waals surface area contributed by atoms with Crippen molar-refractivity contribution in [1.82, 2.24) is 0 Å². The summed E-state index contributed by atoms with van der Waals surface area (Å²) in [4.78, 5) is 0. The number of hydrogen-bond donors (Lipinski definition) is 0. The summed E-state index contributed by atoms with van der Waals surface area (Å²) in [6.07, 6.45) is 14.0. The van der Waals surface area contributed by atoms with Gasteiger partial charge in [-0.3, -0.25) is 0 Å². The molecule has 1 radical (unpaired) electrons. The van der Waals surface area contributed by atoms with E-state index < -0.39 is 0 Å².